The van der Waals surface area contributed by atoms with Crippen LogP contribution in [0.5, 0.6) is 0 Å². The molecule has 0 saturated heterocycles. The minimum absolute atomic E-state index is 0.120. The van der Waals surface area contributed by atoms with Crippen molar-refractivity contribution in [2.45, 2.75) is 20.4 Å². The van der Waals surface area contributed by atoms with E-state index in [2.05, 4.69) is 34.0 Å². The second-order valence-electron chi connectivity index (χ2n) is 6.06. The van der Waals surface area contributed by atoms with Crippen LogP contribution in [-0.4, -0.2) is 15.0 Å². The quantitative estimate of drug-likeness (QED) is 0.357. The van der Waals surface area contributed by atoms with E-state index < -0.39 is 7.59 Å². The summed E-state index contributed by atoms with van der Waals surface area (Å²) in [6.07, 6.45) is 0. The second kappa shape index (κ2) is 8.51. The molecule has 1 unspecified atom stereocenters. The first-order valence-corrected chi connectivity index (χ1v) is 10.4. The molecule has 146 valence electrons. The van der Waals surface area contributed by atoms with Crippen LogP contribution in [0.2, 0.25) is 0 Å². The molecule has 0 aliphatic rings. The number of benzene rings is 2. The molecule has 0 spiro atoms. The molecule has 1 aromatic heterocycles. The number of alkyl halides is 6. The Morgan fingerprint density at radius 3 is 1.57 bits per heavy atom. The maximum atomic E-state index is 5.92. The van der Waals surface area contributed by atoms with E-state index >= 15 is 0 Å². The van der Waals surface area contributed by atoms with Crippen molar-refractivity contribution in [3.8, 4) is 11.4 Å². The third kappa shape index (κ3) is 5.21. The fourth-order valence-corrected chi connectivity index (χ4v) is 3.12. The van der Waals surface area contributed by atoms with Crippen LogP contribution in [0.25, 0.3) is 11.4 Å². The molecule has 0 aliphatic heterocycles. The lowest BCUT2D eigenvalue weighted by Gasteiger charge is -2.16. The van der Waals surface area contributed by atoms with Crippen LogP contribution in [0, 0.1) is 0 Å². The maximum Gasteiger partial charge on any atom is 0.250 e. The Kier molecular flexibility index (Phi) is 6.65. The van der Waals surface area contributed by atoms with Gasteiger partial charge in [0.25, 0.3) is 0 Å². The Morgan fingerprint density at radius 2 is 1.11 bits per heavy atom. The van der Waals surface area contributed by atoms with Crippen LogP contribution in [0.15, 0.2) is 54.6 Å². The Balaban J connectivity index is 1.99. The largest absolute Gasteiger partial charge is 0.250 e. The zero-order valence-corrected chi connectivity index (χ0v) is 18.9. The number of halogens is 6. The molecule has 1 heterocycles. The lowest BCUT2D eigenvalue weighted by molar-refractivity contribution is 0.851. The highest BCUT2D eigenvalue weighted by molar-refractivity contribution is 6.67. The van der Waals surface area contributed by atoms with E-state index in [0.717, 1.165) is 5.56 Å². The van der Waals surface area contributed by atoms with Crippen molar-refractivity contribution in [1.82, 2.24) is 15.0 Å². The molecule has 0 fully saturated rings. The van der Waals surface area contributed by atoms with Gasteiger partial charge in [-0.2, -0.15) is 0 Å². The highest BCUT2D eigenvalue weighted by Crippen LogP contribution is 2.40. The van der Waals surface area contributed by atoms with Gasteiger partial charge in [0.15, 0.2) is 17.5 Å². The Morgan fingerprint density at radius 1 is 0.643 bits per heavy atom. The molecule has 0 saturated carbocycles. The van der Waals surface area contributed by atoms with Gasteiger partial charge in [-0.3, -0.25) is 0 Å². The summed E-state index contributed by atoms with van der Waals surface area (Å²) in [5.41, 5.74) is 3.03. The van der Waals surface area contributed by atoms with Crippen molar-refractivity contribution in [2.75, 3.05) is 0 Å². The van der Waals surface area contributed by atoms with Crippen molar-refractivity contribution in [3.63, 3.8) is 0 Å². The highest BCUT2D eigenvalue weighted by Gasteiger charge is 2.34. The van der Waals surface area contributed by atoms with E-state index in [1.165, 1.54) is 5.56 Å². The molecule has 0 N–H and O–H groups in total. The first-order valence-electron chi connectivity index (χ1n) is 8.11. The van der Waals surface area contributed by atoms with E-state index in [4.69, 9.17) is 69.6 Å². The second-order valence-corrected chi connectivity index (χ2v) is 10.6. The predicted octanol–water partition coefficient (Wildman–Crippen LogP) is 7.34. The van der Waals surface area contributed by atoms with Gasteiger partial charge in [-0.25, -0.2) is 15.0 Å². The summed E-state index contributed by atoms with van der Waals surface area (Å²) in [4.78, 5) is 12.4. The van der Waals surface area contributed by atoms with E-state index in [-0.39, 0.29) is 23.4 Å². The van der Waals surface area contributed by atoms with Crippen LogP contribution >= 0.6 is 69.6 Å². The van der Waals surface area contributed by atoms with Gasteiger partial charge in [-0.05, 0) is 11.1 Å². The summed E-state index contributed by atoms with van der Waals surface area (Å²) in [7, 11) is 0. The molecular weight excluding hydrogens is 483 g/mol. The van der Waals surface area contributed by atoms with E-state index in [0.29, 0.717) is 5.56 Å². The van der Waals surface area contributed by atoms with Gasteiger partial charge >= 0.3 is 0 Å². The molecule has 28 heavy (non-hydrogen) atoms. The van der Waals surface area contributed by atoms with Gasteiger partial charge in [-0.15, -0.1) is 0 Å². The standard InChI is InChI=1S/C19H13Cl6N3/c1-11(12-5-3-2-4-6-12)13-7-9-14(10-8-13)15-26-16(18(20,21)22)28-17(27-15)19(23,24)25/h2-11H,1H3. The first kappa shape index (κ1) is 21.9. The van der Waals surface area contributed by atoms with Crippen LogP contribution in [0.1, 0.15) is 35.6 Å². The van der Waals surface area contributed by atoms with Gasteiger partial charge in [-0.1, -0.05) is 131 Å². The van der Waals surface area contributed by atoms with Crippen LogP contribution in [0.3, 0.4) is 0 Å². The topological polar surface area (TPSA) is 38.7 Å². The molecule has 0 radical (unpaired) electrons. The summed E-state index contributed by atoms with van der Waals surface area (Å²) in [6.45, 7) is 2.13. The third-order valence-electron chi connectivity index (χ3n) is 4.11. The van der Waals surface area contributed by atoms with Crippen molar-refractivity contribution < 1.29 is 0 Å². The van der Waals surface area contributed by atoms with Crippen LogP contribution in [-0.2, 0) is 7.59 Å². The molecule has 3 aromatic rings. The number of rotatable bonds is 3. The SMILES string of the molecule is CC(c1ccccc1)c1ccc(-c2nc(C(Cl)(Cl)Cl)nc(C(Cl)(Cl)Cl)n2)cc1. The molecule has 9 heteroatoms. The molecular formula is C19H13Cl6N3. The average Bonchev–Trinajstić information content (AvgIpc) is 2.66. The van der Waals surface area contributed by atoms with Crippen molar-refractivity contribution in [2.24, 2.45) is 0 Å². The fraction of sp³-hybridized carbons (Fsp3) is 0.211. The minimum Gasteiger partial charge on any atom is -0.209 e. The Hall–Kier alpha value is -0.810. The number of nitrogens with zero attached hydrogens (tertiary/aromatic N) is 3. The summed E-state index contributed by atoms with van der Waals surface area (Å²) in [5, 5.41) is 0. The third-order valence-corrected chi connectivity index (χ3v) is 5.13. The lowest BCUT2D eigenvalue weighted by atomic mass is 9.92. The first-order chi connectivity index (χ1) is 13.1. The molecule has 1 atom stereocenters. The summed E-state index contributed by atoms with van der Waals surface area (Å²) in [6, 6.07) is 17.9. The van der Waals surface area contributed by atoms with Crippen LogP contribution in [0.4, 0.5) is 0 Å². The molecule has 0 aliphatic carbocycles. The average molecular weight is 496 g/mol. The smallest absolute Gasteiger partial charge is 0.209 e. The van der Waals surface area contributed by atoms with E-state index in [9.17, 15) is 0 Å². The summed E-state index contributed by atoms with van der Waals surface area (Å²) in [5.74, 6) is 0.231. The van der Waals surface area contributed by atoms with E-state index in [1.807, 2.05) is 42.5 Å². The Bertz CT molecular complexity index is 918. The number of aromatic nitrogens is 3. The molecule has 3 rings (SSSR count). The minimum atomic E-state index is -1.88. The predicted molar refractivity (Wildman–Crippen MR) is 118 cm³/mol. The van der Waals surface area contributed by atoms with E-state index in [1.54, 1.807) is 0 Å². The molecule has 0 bridgehead atoms. The Labute approximate surface area is 192 Å². The zero-order valence-electron chi connectivity index (χ0n) is 14.4. The van der Waals surface area contributed by atoms with Crippen molar-refractivity contribution in [1.29, 1.82) is 0 Å². The summed E-state index contributed by atoms with van der Waals surface area (Å²) < 4.78 is -3.77. The normalized spacial score (nSPS) is 13.4. The summed E-state index contributed by atoms with van der Waals surface area (Å²) >= 11 is 35.5. The molecule has 3 nitrogen and oxygen atoms in total. The van der Waals surface area contributed by atoms with Crippen molar-refractivity contribution in [3.05, 3.63) is 77.4 Å². The number of hydrogen-bond acceptors (Lipinski definition) is 3. The van der Waals surface area contributed by atoms with Gasteiger partial charge in [0.05, 0.1) is 0 Å². The van der Waals surface area contributed by atoms with Crippen LogP contribution < -0.4 is 0 Å². The van der Waals surface area contributed by atoms with Gasteiger partial charge in [0, 0.05) is 11.5 Å². The molecule has 0 amide bonds. The zero-order chi connectivity index (χ0) is 20.5. The maximum absolute atomic E-state index is 5.92. The van der Waals surface area contributed by atoms with Gasteiger partial charge < -0.3 is 0 Å². The highest BCUT2D eigenvalue weighted by atomic mass is 35.6. The fourth-order valence-electron chi connectivity index (χ4n) is 2.61. The van der Waals surface area contributed by atoms with Gasteiger partial charge in [0.2, 0.25) is 7.59 Å². The monoisotopic (exact) mass is 493 g/mol. The molecule has 2 aromatic carbocycles. The lowest BCUT2D eigenvalue weighted by Crippen LogP contribution is -2.16. The van der Waals surface area contributed by atoms with Crippen molar-refractivity contribution >= 4 is 69.6 Å². The van der Waals surface area contributed by atoms with Gasteiger partial charge in [0.1, 0.15) is 0 Å². The number of hydrogen-bond donors (Lipinski definition) is 0.